The largest absolute Gasteiger partial charge is 0.573 e. The lowest BCUT2D eigenvalue weighted by molar-refractivity contribution is -0.274. The Balaban J connectivity index is 2.49. The summed E-state index contributed by atoms with van der Waals surface area (Å²) in [5, 5.41) is 13.2. The smallest absolute Gasteiger partial charge is 0.406 e. The van der Waals surface area contributed by atoms with Gasteiger partial charge < -0.3 is 10.5 Å². The van der Waals surface area contributed by atoms with E-state index < -0.39 is 12.1 Å². The van der Waals surface area contributed by atoms with Crippen LogP contribution in [0.25, 0.3) is 5.69 Å². The second-order valence-corrected chi connectivity index (χ2v) is 5.05. The Morgan fingerprint density at radius 1 is 1.43 bits per heavy atom. The zero-order chi connectivity index (χ0) is 17.2. The number of nitrogens with zero attached hydrogens (tertiary/aromatic N) is 3. The summed E-state index contributed by atoms with van der Waals surface area (Å²) in [4.78, 5) is 0. The van der Waals surface area contributed by atoms with Crippen LogP contribution in [-0.4, -0.2) is 16.1 Å². The first-order valence-electron chi connectivity index (χ1n) is 6.60. The van der Waals surface area contributed by atoms with E-state index in [0.717, 1.165) is 18.6 Å². The molecule has 0 aliphatic carbocycles. The van der Waals surface area contributed by atoms with Gasteiger partial charge in [0.05, 0.1) is 16.4 Å². The van der Waals surface area contributed by atoms with Crippen molar-refractivity contribution in [2.45, 2.75) is 26.1 Å². The predicted molar refractivity (Wildman–Crippen MR) is 78.4 cm³/mol. The molecule has 0 spiro atoms. The van der Waals surface area contributed by atoms with E-state index >= 15 is 0 Å². The maximum absolute atomic E-state index is 12.2. The number of hydrogen-bond donors (Lipinski definition) is 1. The van der Waals surface area contributed by atoms with Gasteiger partial charge in [0.2, 0.25) is 0 Å². The van der Waals surface area contributed by atoms with Crippen molar-refractivity contribution in [3.05, 3.63) is 34.5 Å². The maximum Gasteiger partial charge on any atom is 0.573 e. The van der Waals surface area contributed by atoms with Crippen LogP contribution in [0, 0.1) is 11.3 Å². The van der Waals surface area contributed by atoms with Crippen LogP contribution in [0.5, 0.6) is 5.75 Å². The van der Waals surface area contributed by atoms with Crippen molar-refractivity contribution in [3.63, 3.8) is 0 Å². The molecule has 122 valence electrons. The number of alkyl halides is 3. The predicted octanol–water partition coefficient (Wildman–Crippen LogP) is 3.83. The van der Waals surface area contributed by atoms with Crippen LogP contribution in [0.2, 0.25) is 5.02 Å². The van der Waals surface area contributed by atoms with Gasteiger partial charge in [-0.15, -0.1) is 18.3 Å². The molecule has 1 aromatic carbocycles. The molecule has 0 saturated heterocycles. The summed E-state index contributed by atoms with van der Waals surface area (Å²) < 4.78 is 41.9. The number of anilines is 1. The normalized spacial score (nSPS) is 11.3. The van der Waals surface area contributed by atoms with Gasteiger partial charge in [0.25, 0.3) is 0 Å². The lowest BCUT2D eigenvalue weighted by atomic mass is 10.1. The van der Waals surface area contributed by atoms with E-state index in [1.165, 1.54) is 10.7 Å². The van der Waals surface area contributed by atoms with E-state index in [-0.39, 0.29) is 16.4 Å². The van der Waals surface area contributed by atoms with Gasteiger partial charge in [-0.1, -0.05) is 24.9 Å². The Morgan fingerprint density at radius 3 is 2.65 bits per heavy atom. The molecule has 0 aliphatic rings. The highest BCUT2D eigenvalue weighted by Gasteiger charge is 2.31. The highest BCUT2D eigenvalue weighted by atomic mass is 35.5. The van der Waals surface area contributed by atoms with Gasteiger partial charge in [0.1, 0.15) is 17.4 Å². The van der Waals surface area contributed by atoms with E-state index in [4.69, 9.17) is 22.6 Å². The summed E-state index contributed by atoms with van der Waals surface area (Å²) in [6.45, 7) is 1.91. The molecular weight excluding hydrogens is 333 g/mol. The highest BCUT2D eigenvalue weighted by Crippen LogP contribution is 2.31. The van der Waals surface area contributed by atoms with Gasteiger partial charge in [0.15, 0.2) is 5.82 Å². The fourth-order valence-electron chi connectivity index (χ4n) is 2.12. The molecule has 0 radical (unpaired) electrons. The zero-order valence-electron chi connectivity index (χ0n) is 12.0. The monoisotopic (exact) mass is 344 g/mol. The average molecular weight is 345 g/mol. The second kappa shape index (κ2) is 6.38. The van der Waals surface area contributed by atoms with Crippen LogP contribution >= 0.6 is 11.6 Å². The molecule has 9 heteroatoms. The zero-order valence-corrected chi connectivity index (χ0v) is 12.7. The number of nitriles is 1. The van der Waals surface area contributed by atoms with E-state index in [1.54, 1.807) is 0 Å². The summed E-state index contributed by atoms with van der Waals surface area (Å²) in [6, 6.07) is 5.46. The molecule has 0 unspecified atom stereocenters. The third-order valence-corrected chi connectivity index (χ3v) is 3.29. The lowest BCUT2D eigenvalue weighted by Crippen LogP contribution is -2.17. The number of nitrogens with two attached hydrogens (primary N) is 1. The number of nitrogen functional groups attached to an aromatic ring is 1. The number of benzene rings is 1. The molecule has 0 fully saturated rings. The van der Waals surface area contributed by atoms with E-state index in [1.807, 2.05) is 13.0 Å². The summed E-state index contributed by atoms with van der Waals surface area (Å²) in [7, 11) is 0. The molecule has 0 saturated carbocycles. The Bertz CT molecular complexity index is 765. The Kier molecular flexibility index (Phi) is 4.71. The topological polar surface area (TPSA) is 76.9 Å². The van der Waals surface area contributed by atoms with Crippen LogP contribution in [0.3, 0.4) is 0 Å². The van der Waals surface area contributed by atoms with Gasteiger partial charge in [-0.25, -0.2) is 4.68 Å². The fourth-order valence-corrected chi connectivity index (χ4v) is 2.37. The summed E-state index contributed by atoms with van der Waals surface area (Å²) in [5.41, 5.74) is 6.82. The minimum atomic E-state index is -4.80. The molecule has 2 N–H and O–H groups in total. The fraction of sp³-hybridized carbons (Fsp3) is 0.286. The van der Waals surface area contributed by atoms with Crippen molar-refractivity contribution in [1.82, 2.24) is 9.78 Å². The summed E-state index contributed by atoms with van der Waals surface area (Å²) in [6.07, 6.45) is -3.56. The van der Waals surface area contributed by atoms with Gasteiger partial charge in [-0.05, 0) is 18.6 Å². The van der Waals surface area contributed by atoms with E-state index in [9.17, 15) is 13.2 Å². The van der Waals surface area contributed by atoms with Gasteiger partial charge >= 0.3 is 6.36 Å². The van der Waals surface area contributed by atoms with Crippen LogP contribution in [0.1, 0.15) is 24.6 Å². The minimum Gasteiger partial charge on any atom is -0.406 e. The van der Waals surface area contributed by atoms with Gasteiger partial charge in [0, 0.05) is 6.07 Å². The number of halogens is 4. The molecule has 1 heterocycles. The van der Waals surface area contributed by atoms with Crippen molar-refractivity contribution in [3.8, 4) is 17.5 Å². The third kappa shape index (κ3) is 3.68. The first-order valence-corrected chi connectivity index (χ1v) is 6.97. The molecule has 1 aromatic heterocycles. The molecule has 0 bridgehead atoms. The lowest BCUT2D eigenvalue weighted by Gasteiger charge is -2.12. The summed E-state index contributed by atoms with van der Waals surface area (Å²) >= 11 is 6.04. The molecule has 0 amide bonds. The van der Waals surface area contributed by atoms with Crippen molar-refractivity contribution >= 4 is 17.4 Å². The average Bonchev–Trinajstić information content (AvgIpc) is 2.73. The van der Waals surface area contributed by atoms with Crippen LogP contribution in [0.15, 0.2) is 18.2 Å². The van der Waals surface area contributed by atoms with Crippen molar-refractivity contribution in [1.29, 1.82) is 5.26 Å². The molecule has 5 nitrogen and oxygen atoms in total. The number of aromatic nitrogens is 2. The van der Waals surface area contributed by atoms with E-state index in [0.29, 0.717) is 17.8 Å². The molecular formula is C14H12ClF3N4O. The number of ether oxygens (including phenoxy) is 1. The van der Waals surface area contributed by atoms with Crippen LogP contribution in [0.4, 0.5) is 19.0 Å². The molecule has 2 rings (SSSR count). The van der Waals surface area contributed by atoms with Crippen LogP contribution in [-0.2, 0) is 6.42 Å². The van der Waals surface area contributed by atoms with Crippen molar-refractivity contribution in [2.75, 3.05) is 5.73 Å². The SMILES string of the molecule is CCCc1c(C#N)c(N)nn1-c1ccc(OC(F)(F)F)cc1Cl. The van der Waals surface area contributed by atoms with Crippen molar-refractivity contribution < 1.29 is 17.9 Å². The van der Waals surface area contributed by atoms with E-state index in [2.05, 4.69) is 9.84 Å². The Morgan fingerprint density at radius 2 is 2.13 bits per heavy atom. The third-order valence-electron chi connectivity index (χ3n) is 2.99. The molecule has 0 aliphatic heterocycles. The standard InChI is InChI=1S/C14H12ClF3N4O/c1-2-3-11-9(7-19)13(20)21-22(11)12-5-4-8(6-10(12)15)23-14(16,17)18/h4-6H,2-3H2,1H3,(H2,20,21). The number of hydrogen-bond acceptors (Lipinski definition) is 4. The second-order valence-electron chi connectivity index (χ2n) is 4.64. The van der Waals surface area contributed by atoms with Gasteiger partial charge in [-0.3, -0.25) is 0 Å². The quantitative estimate of drug-likeness (QED) is 0.914. The number of rotatable bonds is 4. The minimum absolute atomic E-state index is 0.00362. The maximum atomic E-state index is 12.2. The molecule has 0 atom stereocenters. The van der Waals surface area contributed by atoms with Crippen LogP contribution < -0.4 is 10.5 Å². The molecule has 2 aromatic rings. The highest BCUT2D eigenvalue weighted by molar-refractivity contribution is 6.32. The van der Waals surface area contributed by atoms with Crippen molar-refractivity contribution in [2.24, 2.45) is 0 Å². The Hall–Kier alpha value is -2.40. The first-order chi connectivity index (χ1) is 10.8. The Labute approximate surface area is 135 Å². The first kappa shape index (κ1) is 17.0. The van der Waals surface area contributed by atoms with Gasteiger partial charge in [-0.2, -0.15) is 5.26 Å². The summed E-state index contributed by atoms with van der Waals surface area (Å²) in [5.74, 6) is -0.397. The molecule has 23 heavy (non-hydrogen) atoms.